The first-order valence-corrected chi connectivity index (χ1v) is 8.25. The van der Waals surface area contributed by atoms with Crippen molar-refractivity contribution in [1.29, 1.82) is 0 Å². The minimum atomic E-state index is -3.60. The van der Waals surface area contributed by atoms with Crippen LogP contribution < -0.4 is 0 Å². The quantitative estimate of drug-likeness (QED) is 0.628. The fourth-order valence-corrected chi connectivity index (χ4v) is 2.74. The molecule has 0 amide bonds. The van der Waals surface area contributed by atoms with Crippen LogP contribution in [-0.2, 0) is 10.0 Å². The summed E-state index contributed by atoms with van der Waals surface area (Å²) in [6.07, 6.45) is 5.02. The number of hydrogen-bond donors (Lipinski definition) is 0. The molecule has 0 spiro atoms. The zero-order valence-electron chi connectivity index (χ0n) is 12.5. The topological polar surface area (TPSA) is 49.7 Å². The van der Waals surface area contributed by atoms with Gasteiger partial charge >= 0.3 is 0 Å². The molecule has 0 bridgehead atoms. The molecule has 114 valence electrons. The van der Waals surface area contributed by atoms with Crippen LogP contribution in [0.15, 0.2) is 70.7 Å². The van der Waals surface area contributed by atoms with E-state index in [1.165, 1.54) is 13.3 Å². The van der Waals surface area contributed by atoms with E-state index in [4.69, 9.17) is 0 Å². The third-order valence-corrected chi connectivity index (χ3v) is 4.73. The van der Waals surface area contributed by atoms with Gasteiger partial charge in [0.15, 0.2) is 0 Å². The SMILES string of the molecule is Cc1ccc(S(=O)(=O)N(C)/N=C\C=C\c2ccccc2)cc1. The molecule has 2 aromatic carbocycles. The number of allylic oxidation sites excluding steroid dienone is 1. The summed E-state index contributed by atoms with van der Waals surface area (Å²) < 4.78 is 25.6. The van der Waals surface area contributed by atoms with E-state index in [1.54, 1.807) is 30.3 Å². The predicted octanol–water partition coefficient (Wildman–Crippen LogP) is 3.31. The van der Waals surface area contributed by atoms with E-state index >= 15 is 0 Å². The Labute approximate surface area is 131 Å². The number of benzene rings is 2. The van der Waals surface area contributed by atoms with Gasteiger partial charge in [-0.2, -0.15) is 17.9 Å². The molecule has 0 radical (unpaired) electrons. The van der Waals surface area contributed by atoms with Crippen LogP contribution in [0.1, 0.15) is 11.1 Å². The Morgan fingerprint density at radius 3 is 2.27 bits per heavy atom. The van der Waals surface area contributed by atoms with Crippen LogP contribution in [-0.4, -0.2) is 26.1 Å². The number of hydrazone groups is 1. The van der Waals surface area contributed by atoms with E-state index in [2.05, 4.69) is 5.10 Å². The van der Waals surface area contributed by atoms with E-state index in [9.17, 15) is 8.42 Å². The van der Waals surface area contributed by atoms with E-state index in [1.807, 2.05) is 43.3 Å². The molecule has 5 heteroatoms. The first-order valence-electron chi connectivity index (χ1n) is 6.81. The average Bonchev–Trinajstić information content (AvgIpc) is 2.52. The van der Waals surface area contributed by atoms with Crippen molar-refractivity contribution in [3.8, 4) is 0 Å². The number of rotatable bonds is 5. The molecule has 0 aliphatic rings. The second-order valence-electron chi connectivity index (χ2n) is 4.79. The molecule has 2 aromatic rings. The third-order valence-electron chi connectivity index (χ3n) is 3.07. The van der Waals surface area contributed by atoms with E-state index < -0.39 is 10.0 Å². The van der Waals surface area contributed by atoms with Crippen molar-refractivity contribution in [3.05, 3.63) is 71.8 Å². The Morgan fingerprint density at radius 2 is 1.64 bits per heavy atom. The molecule has 0 fully saturated rings. The van der Waals surface area contributed by atoms with Gasteiger partial charge in [-0.1, -0.05) is 54.1 Å². The second kappa shape index (κ2) is 7.04. The van der Waals surface area contributed by atoms with E-state index in [-0.39, 0.29) is 4.90 Å². The molecule has 4 nitrogen and oxygen atoms in total. The maximum atomic E-state index is 12.3. The van der Waals surface area contributed by atoms with Crippen LogP contribution >= 0.6 is 0 Å². The molecule has 0 unspecified atom stereocenters. The lowest BCUT2D eigenvalue weighted by molar-refractivity contribution is 0.491. The summed E-state index contributed by atoms with van der Waals surface area (Å²) in [6.45, 7) is 1.91. The highest BCUT2D eigenvalue weighted by molar-refractivity contribution is 7.89. The smallest absolute Gasteiger partial charge is 0.200 e. The minimum Gasteiger partial charge on any atom is -0.200 e. The predicted molar refractivity (Wildman–Crippen MR) is 90.1 cm³/mol. The molecule has 0 heterocycles. The van der Waals surface area contributed by atoms with E-state index in [0.717, 1.165) is 15.5 Å². The summed E-state index contributed by atoms with van der Waals surface area (Å²) in [5, 5.41) is 3.94. The van der Waals surface area contributed by atoms with E-state index in [0.29, 0.717) is 0 Å². The van der Waals surface area contributed by atoms with Gasteiger partial charge in [-0.15, -0.1) is 0 Å². The van der Waals surface area contributed by atoms with Crippen LogP contribution in [0.25, 0.3) is 6.08 Å². The van der Waals surface area contributed by atoms with Crippen molar-refractivity contribution in [1.82, 2.24) is 4.41 Å². The molecule has 2 rings (SSSR count). The molecular formula is C17H18N2O2S. The maximum Gasteiger partial charge on any atom is 0.278 e. The number of aryl methyl sites for hydroxylation is 1. The highest BCUT2D eigenvalue weighted by Gasteiger charge is 2.18. The Bertz CT molecular complexity index is 764. The summed E-state index contributed by atoms with van der Waals surface area (Å²) in [7, 11) is -2.18. The van der Waals surface area contributed by atoms with Gasteiger partial charge < -0.3 is 0 Å². The van der Waals surface area contributed by atoms with Crippen molar-refractivity contribution >= 4 is 22.3 Å². The van der Waals surface area contributed by atoms with Gasteiger partial charge in [0.2, 0.25) is 0 Å². The second-order valence-corrected chi connectivity index (χ2v) is 6.74. The Balaban J connectivity index is 2.07. The lowest BCUT2D eigenvalue weighted by Crippen LogP contribution is -2.21. The normalized spacial score (nSPS) is 12.1. The van der Waals surface area contributed by atoms with Crippen LogP contribution in [0.2, 0.25) is 0 Å². The molecule has 0 aromatic heterocycles. The van der Waals surface area contributed by atoms with Crippen molar-refractivity contribution in [3.63, 3.8) is 0 Å². The fourth-order valence-electron chi connectivity index (χ4n) is 1.78. The van der Waals surface area contributed by atoms with Gasteiger partial charge in [-0.05, 0) is 30.7 Å². The Kier molecular flexibility index (Phi) is 5.12. The Hall–Kier alpha value is -2.40. The monoisotopic (exact) mass is 314 g/mol. The van der Waals surface area contributed by atoms with Gasteiger partial charge in [0.25, 0.3) is 10.0 Å². The van der Waals surface area contributed by atoms with Crippen LogP contribution in [0, 0.1) is 6.92 Å². The summed E-state index contributed by atoms with van der Waals surface area (Å²) in [5.41, 5.74) is 2.04. The van der Waals surface area contributed by atoms with Crippen LogP contribution in [0.4, 0.5) is 0 Å². The summed E-state index contributed by atoms with van der Waals surface area (Å²) in [5.74, 6) is 0. The first kappa shape index (κ1) is 16.0. The lowest BCUT2D eigenvalue weighted by atomic mass is 10.2. The number of sulfonamides is 1. The van der Waals surface area contributed by atoms with Gasteiger partial charge in [0, 0.05) is 13.3 Å². The minimum absolute atomic E-state index is 0.227. The molecule has 0 aliphatic heterocycles. The number of nitrogens with zero attached hydrogens (tertiary/aromatic N) is 2. The Morgan fingerprint density at radius 1 is 1.00 bits per heavy atom. The van der Waals surface area contributed by atoms with Gasteiger partial charge in [-0.25, -0.2) is 0 Å². The third kappa shape index (κ3) is 4.05. The maximum absolute atomic E-state index is 12.3. The number of hydrogen-bond acceptors (Lipinski definition) is 3. The molecule has 0 atom stereocenters. The molecule has 0 saturated heterocycles. The molecule has 0 aliphatic carbocycles. The lowest BCUT2D eigenvalue weighted by Gasteiger charge is -2.13. The van der Waals surface area contributed by atoms with Gasteiger partial charge in [0.05, 0.1) is 4.90 Å². The van der Waals surface area contributed by atoms with Crippen molar-refractivity contribution in [2.24, 2.45) is 5.10 Å². The summed E-state index contributed by atoms with van der Waals surface area (Å²) in [4.78, 5) is 0.227. The zero-order chi connectivity index (χ0) is 16.0. The largest absolute Gasteiger partial charge is 0.278 e. The molecule has 0 N–H and O–H groups in total. The molecule has 22 heavy (non-hydrogen) atoms. The summed E-state index contributed by atoms with van der Waals surface area (Å²) in [6, 6.07) is 16.4. The highest BCUT2D eigenvalue weighted by Crippen LogP contribution is 2.14. The van der Waals surface area contributed by atoms with Crippen molar-refractivity contribution < 1.29 is 8.42 Å². The van der Waals surface area contributed by atoms with Gasteiger partial charge in [0.1, 0.15) is 0 Å². The highest BCUT2D eigenvalue weighted by atomic mass is 32.2. The first-order chi connectivity index (χ1) is 10.5. The van der Waals surface area contributed by atoms with Gasteiger partial charge in [-0.3, -0.25) is 0 Å². The zero-order valence-corrected chi connectivity index (χ0v) is 13.4. The fraction of sp³-hybridized carbons (Fsp3) is 0.118. The van der Waals surface area contributed by atoms with Crippen molar-refractivity contribution in [2.45, 2.75) is 11.8 Å². The molecular weight excluding hydrogens is 296 g/mol. The average molecular weight is 314 g/mol. The van der Waals surface area contributed by atoms with Crippen LogP contribution in [0.3, 0.4) is 0 Å². The van der Waals surface area contributed by atoms with Crippen LogP contribution in [0.5, 0.6) is 0 Å². The van der Waals surface area contributed by atoms with Crippen molar-refractivity contribution in [2.75, 3.05) is 7.05 Å². The standard InChI is InChI=1S/C17H18N2O2S/c1-15-10-12-17(13-11-15)22(20,21)19(2)18-14-6-9-16-7-4-3-5-8-16/h3-14H,1-2H3/b9-6+,18-14-. The molecule has 0 saturated carbocycles. The summed E-state index contributed by atoms with van der Waals surface area (Å²) >= 11 is 0.